The molecule has 2 aromatic rings. The van der Waals surface area contributed by atoms with Crippen molar-refractivity contribution in [1.82, 2.24) is 14.9 Å². The molecule has 3 heterocycles. The van der Waals surface area contributed by atoms with Gasteiger partial charge in [0, 0.05) is 12.4 Å². The number of aromatic nitrogens is 2. The van der Waals surface area contributed by atoms with E-state index in [2.05, 4.69) is 22.5 Å². The van der Waals surface area contributed by atoms with Crippen LogP contribution in [0.3, 0.4) is 0 Å². The predicted molar refractivity (Wildman–Crippen MR) is 55.3 cm³/mol. The van der Waals surface area contributed by atoms with E-state index in [9.17, 15) is 0 Å². The molecule has 0 radical (unpaired) electrons. The minimum atomic E-state index is 0.834. The average molecular weight is 187 g/mol. The molecule has 1 N–H and O–H groups in total. The molecule has 1 aliphatic heterocycles. The zero-order chi connectivity index (χ0) is 9.38. The maximum atomic E-state index is 4.18. The van der Waals surface area contributed by atoms with E-state index in [1.807, 2.05) is 23.0 Å². The van der Waals surface area contributed by atoms with Crippen molar-refractivity contribution in [3.63, 3.8) is 0 Å². The first kappa shape index (κ1) is 8.00. The van der Waals surface area contributed by atoms with Gasteiger partial charge in [-0.05, 0) is 49.2 Å². The zero-order valence-corrected chi connectivity index (χ0v) is 7.98. The van der Waals surface area contributed by atoms with Gasteiger partial charge in [0.2, 0.25) is 0 Å². The second-order valence-electron chi connectivity index (χ2n) is 3.96. The predicted octanol–water partition coefficient (Wildman–Crippen LogP) is 1.10. The van der Waals surface area contributed by atoms with Crippen molar-refractivity contribution in [2.75, 3.05) is 13.1 Å². The molecular formula is C11H13N3. The summed E-state index contributed by atoms with van der Waals surface area (Å²) < 4.78 is 1.91. The smallest absolute Gasteiger partial charge is 0.0664 e. The van der Waals surface area contributed by atoms with E-state index in [-0.39, 0.29) is 0 Å². The Labute approximate surface area is 82.7 Å². The van der Waals surface area contributed by atoms with Crippen LogP contribution in [0.2, 0.25) is 0 Å². The molecule has 0 spiro atoms. The van der Waals surface area contributed by atoms with Gasteiger partial charge in [-0.15, -0.1) is 0 Å². The van der Waals surface area contributed by atoms with Crippen LogP contribution in [0.1, 0.15) is 5.56 Å². The lowest BCUT2D eigenvalue weighted by Gasteiger charge is -2.27. The van der Waals surface area contributed by atoms with Gasteiger partial charge < -0.3 is 5.32 Å². The highest BCUT2D eigenvalue weighted by molar-refractivity contribution is 5.47. The molecule has 3 heteroatoms. The SMILES string of the molecule is c1cc2cc(CC3CNC3)ccn2n1. The number of hydrogen-bond donors (Lipinski definition) is 1. The van der Waals surface area contributed by atoms with E-state index >= 15 is 0 Å². The van der Waals surface area contributed by atoms with Gasteiger partial charge in [-0.1, -0.05) is 0 Å². The van der Waals surface area contributed by atoms with Crippen LogP contribution in [0, 0.1) is 5.92 Å². The fourth-order valence-corrected chi connectivity index (χ4v) is 1.92. The van der Waals surface area contributed by atoms with Crippen molar-refractivity contribution in [2.24, 2.45) is 5.92 Å². The lowest BCUT2D eigenvalue weighted by atomic mass is 9.95. The number of rotatable bonds is 2. The van der Waals surface area contributed by atoms with Gasteiger partial charge in [0.25, 0.3) is 0 Å². The lowest BCUT2D eigenvalue weighted by Crippen LogP contribution is -2.43. The second-order valence-corrected chi connectivity index (χ2v) is 3.96. The summed E-state index contributed by atoms with van der Waals surface area (Å²) in [4.78, 5) is 0. The molecule has 14 heavy (non-hydrogen) atoms. The van der Waals surface area contributed by atoms with Crippen molar-refractivity contribution in [1.29, 1.82) is 0 Å². The molecule has 0 aliphatic carbocycles. The molecule has 3 nitrogen and oxygen atoms in total. The third-order valence-corrected chi connectivity index (χ3v) is 2.85. The fraction of sp³-hybridized carbons (Fsp3) is 0.364. The Morgan fingerprint density at radius 1 is 1.43 bits per heavy atom. The largest absolute Gasteiger partial charge is 0.316 e. The third kappa shape index (κ3) is 1.30. The summed E-state index contributed by atoms with van der Waals surface area (Å²) >= 11 is 0. The Bertz CT molecular complexity index is 442. The highest BCUT2D eigenvalue weighted by Crippen LogP contribution is 2.14. The van der Waals surface area contributed by atoms with Gasteiger partial charge in [-0.25, -0.2) is 4.52 Å². The van der Waals surface area contributed by atoms with Crippen LogP contribution in [0.15, 0.2) is 30.6 Å². The van der Waals surface area contributed by atoms with E-state index in [1.165, 1.54) is 30.6 Å². The summed E-state index contributed by atoms with van der Waals surface area (Å²) in [6.07, 6.45) is 5.06. The highest BCUT2D eigenvalue weighted by Gasteiger charge is 2.16. The van der Waals surface area contributed by atoms with Gasteiger partial charge in [-0.3, -0.25) is 0 Å². The topological polar surface area (TPSA) is 29.3 Å². The van der Waals surface area contributed by atoms with Gasteiger partial charge >= 0.3 is 0 Å². The van der Waals surface area contributed by atoms with E-state index in [1.54, 1.807) is 0 Å². The number of nitrogens with one attached hydrogen (secondary N) is 1. The van der Waals surface area contributed by atoms with Crippen molar-refractivity contribution >= 4 is 5.52 Å². The first-order valence-electron chi connectivity index (χ1n) is 5.05. The van der Waals surface area contributed by atoms with Crippen molar-refractivity contribution in [3.05, 3.63) is 36.2 Å². The maximum Gasteiger partial charge on any atom is 0.0664 e. The Hall–Kier alpha value is -1.35. The minimum Gasteiger partial charge on any atom is -0.316 e. The molecular weight excluding hydrogens is 174 g/mol. The van der Waals surface area contributed by atoms with E-state index in [0.717, 1.165) is 5.92 Å². The van der Waals surface area contributed by atoms with Gasteiger partial charge in [0.05, 0.1) is 5.52 Å². The normalized spacial score (nSPS) is 17.1. The molecule has 0 saturated carbocycles. The molecule has 0 amide bonds. The average Bonchev–Trinajstić information content (AvgIpc) is 2.58. The van der Waals surface area contributed by atoms with Crippen LogP contribution in [0.25, 0.3) is 5.52 Å². The van der Waals surface area contributed by atoms with Crippen LogP contribution in [0.4, 0.5) is 0 Å². The summed E-state index contributed by atoms with van der Waals surface area (Å²) in [7, 11) is 0. The van der Waals surface area contributed by atoms with Gasteiger partial charge in [0.1, 0.15) is 0 Å². The molecule has 0 atom stereocenters. The van der Waals surface area contributed by atoms with Crippen molar-refractivity contribution in [2.45, 2.75) is 6.42 Å². The first-order valence-corrected chi connectivity index (χ1v) is 5.05. The molecule has 72 valence electrons. The highest BCUT2D eigenvalue weighted by atomic mass is 15.2. The quantitative estimate of drug-likeness (QED) is 0.762. The van der Waals surface area contributed by atoms with Crippen molar-refractivity contribution in [3.8, 4) is 0 Å². The molecule has 0 unspecified atom stereocenters. The Balaban J connectivity index is 1.88. The van der Waals surface area contributed by atoms with E-state index in [0.29, 0.717) is 0 Å². The maximum absolute atomic E-state index is 4.18. The van der Waals surface area contributed by atoms with Crippen molar-refractivity contribution < 1.29 is 0 Å². The van der Waals surface area contributed by atoms with E-state index in [4.69, 9.17) is 0 Å². The van der Waals surface area contributed by atoms with E-state index < -0.39 is 0 Å². The second kappa shape index (κ2) is 3.10. The number of nitrogens with zero attached hydrogens (tertiary/aromatic N) is 2. The van der Waals surface area contributed by atoms with Crippen LogP contribution < -0.4 is 5.32 Å². The fourth-order valence-electron chi connectivity index (χ4n) is 1.92. The Kier molecular flexibility index (Phi) is 1.77. The lowest BCUT2D eigenvalue weighted by molar-refractivity contribution is 0.346. The minimum absolute atomic E-state index is 0.834. The van der Waals surface area contributed by atoms with Gasteiger partial charge in [-0.2, -0.15) is 5.10 Å². The molecule has 0 bridgehead atoms. The first-order chi connectivity index (χ1) is 6.92. The summed E-state index contributed by atoms with van der Waals surface area (Å²) in [5.74, 6) is 0.834. The molecule has 0 aromatic carbocycles. The molecule has 1 aliphatic rings. The van der Waals surface area contributed by atoms with Crippen LogP contribution in [-0.2, 0) is 6.42 Å². The van der Waals surface area contributed by atoms with Crippen LogP contribution in [0.5, 0.6) is 0 Å². The Morgan fingerprint density at radius 3 is 3.14 bits per heavy atom. The zero-order valence-electron chi connectivity index (χ0n) is 7.98. The molecule has 3 rings (SSSR count). The standard InChI is InChI=1S/C11H13N3/c1-3-13-14-4-2-9(6-11(1)14)5-10-7-12-8-10/h1-4,6,10,12H,5,7-8H2. The molecule has 1 fully saturated rings. The summed E-state index contributed by atoms with van der Waals surface area (Å²) in [6.45, 7) is 2.34. The molecule has 1 saturated heterocycles. The molecule has 2 aromatic heterocycles. The van der Waals surface area contributed by atoms with Crippen LogP contribution in [-0.4, -0.2) is 22.7 Å². The van der Waals surface area contributed by atoms with Gasteiger partial charge in [0.15, 0.2) is 0 Å². The monoisotopic (exact) mass is 187 g/mol. The Morgan fingerprint density at radius 2 is 2.36 bits per heavy atom. The van der Waals surface area contributed by atoms with Crippen LogP contribution >= 0.6 is 0 Å². The summed E-state index contributed by atoms with van der Waals surface area (Å²) in [5, 5.41) is 7.47. The number of pyridine rings is 1. The number of fused-ring (bicyclic) bond motifs is 1. The third-order valence-electron chi connectivity index (χ3n) is 2.85. The number of hydrogen-bond acceptors (Lipinski definition) is 2. The summed E-state index contributed by atoms with van der Waals surface area (Å²) in [6, 6.07) is 6.44. The summed E-state index contributed by atoms with van der Waals surface area (Å²) in [5.41, 5.74) is 2.61.